The predicted molar refractivity (Wildman–Crippen MR) is 84.1 cm³/mol. The molecule has 6 heteroatoms. The van der Waals surface area contributed by atoms with Crippen molar-refractivity contribution in [3.05, 3.63) is 28.2 Å². The predicted octanol–water partition coefficient (Wildman–Crippen LogP) is 2.19. The van der Waals surface area contributed by atoms with Crippen LogP contribution in [0, 0.1) is 12.8 Å². The third-order valence-corrected chi connectivity index (χ3v) is 4.09. The number of anilines is 1. The second kappa shape index (κ2) is 7.04. The average molecular weight is 355 g/mol. The fraction of sp³-hybridized carbons (Fsp3) is 0.467. The molecular formula is C15H19BrN2O3. The number of amides is 2. The van der Waals surface area contributed by atoms with Crippen LogP contribution in [0.15, 0.2) is 22.7 Å². The van der Waals surface area contributed by atoms with Crippen molar-refractivity contribution in [1.82, 2.24) is 4.90 Å². The summed E-state index contributed by atoms with van der Waals surface area (Å²) < 4.78 is 5.94. The molecule has 1 aliphatic rings. The molecule has 1 aliphatic heterocycles. The van der Waals surface area contributed by atoms with Gasteiger partial charge in [-0.25, -0.2) is 0 Å². The number of carbonyl (C=O) groups is 2. The lowest BCUT2D eigenvalue weighted by molar-refractivity contribution is -0.128. The van der Waals surface area contributed by atoms with Gasteiger partial charge in [0.25, 0.3) is 0 Å². The van der Waals surface area contributed by atoms with Gasteiger partial charge in [-0.05, 0) is 30.7 Å². The Labute approximate surface area is 132 Å². The Morgan fingerprint density at radius 1 is 1.52 bits per heavy atom. The fourth-order valence-corrected chi connectivity index (χ4v) is 2.84. The molecule has 1 heterocycles. The van der Waals surface area contributed by atoms with Crippen molar-refractivity contribution in [2.24, 2.45) is 5.92 Å². The van der Waals surface area contributed by atoms with E-state index >= 15 is 0 Å². The summed E-state index contributed by atoms with van der Waals surface area (Å²) >= 11 is 3.39. The summed E-state index contributed by atoms with van der Waals surface area (Å²) in [5.74, 6) is -0.383. The highest BCUT2D eigenvalue weighted by Gasteiger charge is 2.34. The van der Waals surface area contributed by atoms with Gasteiger partial charge in [-0.3, -0.25) is 9.59 Å². The lowest BCUT2D eigenvalue weighted by atomic mass is 10.1. The van der Waals surface area contributed by atoms with Gasteiger partial charge in [0.2, 0.25) is 11.8 Å². The highest BCUT2D eigenvalue weighted by atomic mass is 79.9. The first-order valence-electron chi connectivity index (χ1n) is 6.85. The molecule has 0 saturated carbocycles. The van der Waals surface area contributed by atoms with E-state index in [2.05, 4.69) is 21.2 Å². The number of benzene rings is 1. The third-order valence-electron chi connectivity index (χ3n) is 3.60. The summed E-state index contributed by atoms with van der Waals surface area (Å²) in [6, 6.07) is 5.68. The summed E-state index contributed by atoms with van der Waals surface area (Å²) in [6.45, 7) is 3.43. The molecule has 114 valence electrons. The Balaban J connectivity index is 1.96. The molecular weight excluding hydrogens is 336 g/mol. The summed E-state index contributed by atoms with van der Waals surface area (Å²) in [5.41, 5.74) is 1.77. The van der Waals surface area contributed by atoms with Crippen LogP contribution < -0.4 is 5.32 Å². The van der Waals surface area contributed by atoms with E-state index in [0.717, 1.165) is 15.7 Å². The first-order chi connectivity index (χ1) is 10.0. The van der Waals surface area contributed by atoms with E-state index in [1.807, 2.05) is 25.1 Å². The Morgan fingerprint density at radius 3 is 2.95 bits per heavy atom. The number of halogens is 1. The Kier molecular flexibility index (Phi) is 5.36. The molecule has 21 heavy (non-hydrogen) atoms. The van der Waals surface area contributed by atoms with Gasteiger partial charge in [-0.1, -0.05) is 15.9 Å². The number of hydrogen-bond acceptors (Lipinski definition) is 3. The van der Waals surface area contributed by atoms with Crippen LogP contribution in [0.5, 0.6) is 0 Å². The molecule has 0 spiro atoms. The molecule has 1 aromatic rings. The van der Waals surface area contributed by atoms with Crippen LogP contribution in [0.25, 0.3) is 0 Å². The zero-order valence-electron chi connectivity index (χ0n) is 12.2. The van der Waals surface area contributed by atoms with Gasteiger partial charge in [0, 0.05) is 36.8 Å². The smallest absolute Gasteiger partial charge is 0.229 e. The largest absolute Gasteiger partial charge is 0.383 e. The fourth-order valence-electron chi connectivity index (χ4n) is 2.37. The number of ether oxygens (including phenoxy) is 1. The molecule has 1 aromatic carbocycles. The van der Waals surface area contributed by atoms with Gasteiger partial charge >= 0.3 is 0 Å². The Morgan fingerprint density at radius 2 is 2.29 bits per heavy atom. The molecule has 5 nitrogen and oxygen atoms in total. The number of rotatable bonds is 5. The molecule has 0 radical (unpaired) electrons. The number of hydrogen-bond donors (Lipinski definition) is 1. The van der Waals surface area contributed by atoms with Gasteiger partial charge < -0.3 is 15.0 Å². The molecule has 1 unspecified atom stereocenters. The van der Waals surface area contributed by atoms with Crippen molar-refractivity contribution in [2.75, 3.05) is 32.1 Å². The minimum absolute atomic E-state index is 0.0136. The number of methoxy groups -OCH3 is 1. The van der Waals surface area contributed by atoms with Gasteiger partial charge in [0.1, 0.15) is 0 Å². The van der Waals surface area contributed by atoms with Crippen LogP contribution in [-0.4, -0.2) is 43.5 Å². The van der Waals surface area contributed by atoms with Crippen molar-refractivity contribution in [2.45, 2.75) is 13.3 Å². The monoisotopic (exact) mass is 354 g/mol. The van der Waals surface area contributed by atoms with Gasteiger partial charge in [-0.2, -0.15) is 0 Å². The molecule has 1 atom stereocenters. The number of nitrogens with zero attached hydrogens (tertiary/aromatic N) is 1. The van der Waals surface area contributed by atoms with Crippen LogP contribution >= 0.6 is 15.9 Å². The van der Waals surface area contributed by atoms with Crippen LogP contribution in [0.1, 0.15) is 12.0 Å². The van der Waals surface area contributed by atoms with Crippen LogP contribution in [0.3, 0.4) is 0 Å². The third kappa shape index (κ3) is 4.04. The normalized spacial score (nSPS) is 18.1. The lowest BCUT2D eigenvalue weighted by Gasteiger charge is -2.16. The maximum absolute atomic E-state index is 12.3. The van der Waals surface area contributed by atoms with E-state index < -0.39 is 0 Å². The van der Waals surface area contributed by atoms with E-state index in [9.17, 15) is 9.59 Å². The molecule has 2 rings (SSSR count). The van der Waals surface area contributed by atoms with Gasteiger partial charge in [-0.15, -0.1) is 0 Å². The zero-order chi connectivity index (χ0) is 15.4. The summed E-state index contributed by atoms with van der Waals surface area (Å²) in [5, 5.41) is 2.91. The van der Waals surface area contributed by atoms with Crippen molar-refractivity contribution >= 4 is 33.4 Å². The summed E-state index contributed by atoms with van der Waals surface area (Å²) in [4.78, 5) is 25.8. The molecule has 1 N–H and O–H groups in total. The Hall–Kier alpha value is -1.40. The van der Waals surface area contributed by atoms with Crippen molar-refractivity contribution in [3.63, 3.8) is 0 Å². The van der Waals surface area contributed by atoms with E-state index in [0.29, 0.717) is 19.7 Å². The average Bonchev–Trinajstić information content (AvgIpc) is 2.81. The minimum atomic E-state index is -0.294. The zero-order valence-corrected chi connectivity index (χ0v) is 13.8. The van der Waals surface area contributed by atoms with Crippen molar-refractivity contribution < 1.29 is 14.3 Å². The second-order valence-electron chi connectivity index (χ2n) is 5.18. The first kappa shape index (κ1) is 16.0. The maximum Gasteiger partial charge on any atom is 0.229 e. The molecule has 1 fully saturated rings. The van der Waals surface area contributed by atoms with E-state index in [4.69, 9.17) is 4.74 Å². The first-order valence-corrected chi connectivity index (χ1v) is 7.64. The number of carbonyl (C=O) groups excluding carboxylic acids is 2. The second-order valence-corrected chi connectivity index (χ2v) is 6.10. The van der Waals surface area contributed by atoms with Crippen LogP contribution in [0.2, 0.25) is 0 Å². The highest BCUT2D eigenvalue weighted by Crippen LogP contribution is 2.23. The van der Waals surface area contributed by atoms with Crippen LogP contribution in [-0.2, 0) is 14.3 Å². The topological polar surface area (TPSA) is 58.6 Å². The number of aryl methyl sites for hydroxylation is 1. The van der Waals surface area contributed by atoms with E-state index in [1.54, 1.807) is 12.0 Å². The minimum Gasteiger partial charge on any atom is -0.383 e. The Bertz CT molecular complexity index is 548. The van der Waals surface area contributed by atoms with Gasteiger partial charge in [0.05, 0.1) is 12.5 Å². The molecule has 0 aromatic heterocycles. The summed E-state index contributed by atoms with van der Waals surface area (Å²) in [6.07, 6.45) is 0.269. The number of nitrogens with one attached hydrogen (secondary N) is 1. The molecule has 2 amide bonds. The van der Waals surface area contributed by atoms with E-state index in [-0.39, 0.29) is 24.2 Å². The number of likely N-dealkylation sites (tertiary alicyclic amines) is 1. The quantitative estimate of drug-likeness (QED) is 0.881. The molecule has 0 aliphatic carbocycles. The van der Waals surface area contributed by atoms with Crippen LogP contribution in [0.4, 0.5) is 5.69 Å². The van der Waals surface area contributed by atoms with E-state index in [1.165, 1.54) is 0 Å². The van der Waals surface area contributed by atoms with Crippen molar-refractivity contribution in [1.29, 1.82) is 0 Å². The van der Waals surface area contributed by atoms with Gasteiger partial charge in [0.15, 0.2) is 0 Å². The summed E-state index contributed by atoms with van der Waals surface area (Å²) in [7, 11) is 1.60. The standard InChI is InChI=1S/C15H19BrN2O3/c1-10-7-12(16)3-4-13(10)17-15(20)11-8-14(19)18(9-11)5-6-21-2/h3-4,7,11H,5-6,8-9H2,1-2H3,(H,17,20). The molecule has 1 saturated heterocycles. The highest BCUT2D eigenvalue weighted by molar-refractivity contribution is 9.10. The maximum atomic E-state index is 12.3. The lowest BCUT2D eigenvalue weighted by Crippen LogP contribution is -2.30. The SMILES string of the molecule is COCCN1CC(C(=O)Nc2ccc(Br)cc2C)CC1=O. The van der Waals surface area contributed by atoms with Crippen molar-refractivity contribution in [3.8, 4) is 0 Å². The molecule has 0 bridgehead atoms.